The maximum Gasteiger partial charge on any atom is 0.219 e. The fraction of sp³-hybridized carbons (Fsp3) is 0.333. The van der Waals surface area contributed by atoms with Crippen LogP contribution in [0.3, 0.4) is 0 Å². The van der Waals surface area contributed by atoms with Crippen LogP contribution >= 0.6 is 0 Å². The lowest BCUT2D eigenvalue weighted by molar-refractivity contribution is 0.122. The molecular formula is C24H28N6O2. The van der Waals surface area contributed by atoms with Gasteiger partial charge in [-0.3, -0.25) is 10.4 Å². The van der Waals surface area contributed by atoms with E-state index in [2.05, 4.69) is 56.4 Å². The van der Waals surface area contributed by atoms with E-state index in [1.54, 1.807) is 12.4 Å². The molecule has 0 amide bonds. The lowest BCUT2D eigenvalue weighted by Gasteiger charge is -2.28. The standard InChI is InChI=1S/C24H28N6O2/c1-18-6-7-21(15-19(18)2)29-26-17-22-27-23(30-10-13-31-14-11-30)16-24(28-22)32-12-8-20-5-3-4-9-25-20/h3-7,9,15-17,29H,8,10-14H2,1-2H3/b26-17+. The van der Waals surface area contributed by atoms with Crippen LogP contribution in [0.15, 0.2) is 53.8 Å². The van der Waals surface area contributed by atoms with E-state index < -0.39 is 0 Å². The molecule has 1 N–H and O–H groups in total. The Balaban J connectivity index is 1.47. The minimum absolute atomic E-state index is 0.480. The molecular weight excluding hydrogens is 404 g/mol. The van der Waals surface area contributed by atoms with Gasteiger partial charge >= 0.3 is 0 Å². The van der Waals surface area contributed by atoms with Crippen molar-refractivity contribution in [2.75, 3.05) is 43.2 Å². The Morgan fingerprint density at radius 3 is 2.75 bits per heavy atom. The maximum atomic E-state index is 5.94. The first-order valence-electron chi connectivity index (χ1n) is 10.8. The van der Waals surface area contributed by atoms with Gasteiger partial charge in [-0.15, -0.1) is 0 Å². The van der Waals surface area contributed by atoms with Gasteiger partial charge in [-0.25, -0.2) is 4.98 Å². The van der Waals surface area contributed by atoms with Crippen LogP contribution in [0.1, 0.15) is 22.6 Å². The largest absolute Gasteiger partial charge is 0.477 e. The molecule has 1 saturated heterocycles. The van der Waals surface area contributed by atoms with Gasteiger partial charge in [0.2, 0.25) is 5.88 Å². The van der Waals surface area contributed by atoms with Crippen LogP contribution in [-0.2, 0) is 11.2 Å². The number of aromatic nitrogens is 3. The molecule has 1 aliphatic rings. The maximum absolute atomic E-state index is 5.94. The molecule has 1 fully saturated rings. The summed E-state index contributed by atoms with van der Waals surface area (Å²) >= 11 is 0. The highest BCUT2D eigenvalue weighted by Crippen LogP contribution is 2.19. The fourth-order valence-electron chi connectivity index (χ4n) is 3.30. The molecule has 3 heterocycles. The summed E-state index contributed by atoms with van der Waals surface area (Å²) in [5.74, 6) is 1.81. The second-order valence-electron chi connectivity index (χ2n) is 7.61. The average molecular weight is 433 g/mol. The van der Waals surface area contributed by atoms with Crippen LogP contribution in [0.5, 0.6) is 5.88 Å². The number of pyridine rings is 1. The molecule has 0 spiro atoms. The van der Waals surface area contributed by atoms with Crippen LogP contribution < -0.4 is 15.1 Å². The van der Waals surface area contributed by atoms with Gasteiger partial charge in [0.1, 0.15) is 5.82 Å². The van der Waals surface area contributed by atoms with Crippen molar-refractivity contribution < 1.29 is 9.47 Å². The zero-order valence-electron chi connectivity index (χ0n) is 18.5. The Morgan fingerprint density at radius 2 is 1.97 bits per heavy atom. The molecule has 0 atom stereocenters. The van der Waals surface area contributed by atoms with E-state index in [0.717, 1.165) is 30.3 Å². The third kappa shape index (κ3) is 6.01. The van der Waals surface area contributed by atoms with Gasteiger partial charge in [0.05, 0.1) is 31.7 Å². The highest BCUT2D eigenvalue weighted by atomic mass is 16.5. The zero-order valence-corrected chi connectivity index (χ0v) is 18.5. The van der Waals surface area contributed by atoms with Crippen molar-refractivity contribution >= 4 is 17.7 Å². The molecule has 0 radical (unpaired) electrons. The number of nitrogens with zero attached hydrogens (tertiary/aromatic N) is 5. The van der Waals surface area contributed by atoms with E-state index in [-0.39, 0.29) is 0 Å². The molecule has 8 nitrogen and oxygen atoms in total. The predicted octanol–water partition coefficient (Wildman–Crippen LogP) is 3.39. The second-order valence-corrected chi connectivity index (χ2v) is 7.61. The summed E-state index contributed by atoms with van der Waals surface area (Å²) in [6.45, 7) is 7.56. The summed E-state index contributed by atoms with van der Waals surface area (Å²) in [4.78, 5) is 15.7. The normalized spacial score (nSPS) is 14.0. The number of hydrazone groups is 1. The number of rotatable bonds is 8. The number of nitrogens with one attached hydrogen (secondary N) is 1. The predicted molar refractivity (Wildman–Crippen MR) is 126 cm³/mol. The van der Waals surface area contributed by atoms with Crippen molar-refractivity contribution in [1.29, 1.82) is 0 Å². The molecule has 0 bridgehead atoms. The molecule has 3 aromatic rings. The summed E-state index contributed by atoms with van der Waals surface area (Å²) in [5.41, 5.74) is 7.40. The van der Waals surface area contributed by atoms with Crippen LogP contribution in [0.25, 0.3) is 0 Å². The highest BCUT2D eigenvalue weighted by Gasteiger charge is 2.15. The van der Waals surface area contributed by atoms with Crippen LogP contribution in [0.4, 0.5) is 11.5 Å². The van der Waals surface area contributed by atoms with E-state index in [0.29, 0.717) is 37.9 Å². The van der Waals surface area contributed by atoms with Gasteiger partial charge in [-0.2, -0.15) is 10.1 Å². The molecule has 166 valence electrons. The molecule has 1 aromatic carbocycles. The van der Waals surface area contributed by atoms with Crippen LogP contribution in [0, 0.1) is 13.8 Å². The SMILES string of the molecule is Cc1ccc(N/N=C/c2nc(OCCc3ccccn3)cc(N3CCOCC3)n2)cc1C. The first-order valence-corrected chi connectivity index (χ1v) is 10.8. The monoisotopic (exact) mass is 432 g/mol. The number of anilines is 2. The minimum Gasteiger partial charge on any atom is -0.477 e. The third-order valence-corrected chi connectivity index (χ3v) is 5.26. The third-order valence-electron chi connectivity index (χ3n) is 5.26. The first-order chi connectivity index (χ1) is 15.7. The number of hydrogen-bond acceptors (Lipinski definition) is 8. The van der Waals surface area contributed by atoms with Crippen molar-refractivity contribution in [3.63, 3.8) is 0 Å². The van der Waals surface area contributed by atoms with Gasteiger partial charge in [-0.1, -0.05) is 12.1 Å². The first kappa shape index (κ1) is 21.7. The lowest BCUT2D eigenvalue weighted by atomic mass is 10.1. The van der Waals surface area contributed by atoms with Crippen LogP contribution in [0.2, 0.25) is 0 Å². The number of hydrogen-bond donors (Lipinski definition) is 1. The Bertz CT molecular complexity index is 1050. The van der Waals surface area contributed by atoms with E-state index in [1.165, 1.54) is 11.1 Å². The Labute approximate surface area is 188 Å². The molecule has 2 aromatic heterocycles. The van der Waals surface area contributed by atoms with E-state index >= 15 is 0 Å². The van der Waals surface area contributed by atoms with Gasteiger partial charge < -0.3 is 14.4 Å². The molecule has 32 heavy (non-hydrogen) atoms. The smallest absolute Gasteiger partial charge is 0.219 e. The number of ether oxygens (including phenoxy) is 2. The summed E-state index contributed by atoms with van der Waals surface area (Å²) in [6, 6.07) is 13.9. The second kappa shape index (κ2) is 10.7. The van der Waals surface area contributed by atoms with Gasteiger partial charge in [-0.05, 0) is 49.2 Å². The molecule has 0 unspecified atom stereocenters. The van der Waals surface area contributed by atoms with E-state index in [9.17, 15) is 0 Å². The summed E-state index contributed by atoms with van der Waals surface area (Å²) in [7, 11) is 0. The topological polar surface area (TPSA) is 84.8 Å². The minimum atomic E-state index is 0.480. The van der Waals surface area contributed by atoms with Gasteiger partial charge in [0, 0.05) is 37.5 Å². The van der Waals surface area contributed by atoms with Crippen molar-refractivity contribution in [2.24, 2.45) is 5.10 Å². The summed E-state index contributed by atoms with van der Waals surface area (Å²) in [6.07, 6.45) is 4.11. The quantitative estimate of drug-likeness (QED) is 0.431. The highest BCUT2D eigenvalue weighted by molar-refractivity contribution is 5.76. The Kier molecular flexibility index (Phi) is 7.24. The summed E-state index contributed by atoms with van der Waals surface area (Å²) < 4.78 is 11.4. The number of aryl methyl sites for hydroxylation is 2. The van der Waals surface area contributed by atoms with E-state index in [1.807, 2.05) is 30.3 Å². The lowest BCUT2D eigenvalue weighted by Crippen LogP contribution is -2.37. The van der Waals surface area contributed by atoms with Crippen LogP contribution in [-0.4, -0.2) is 54.1 Å². The fourth-order valence-corrected chi connectivity index (χ4v) is 3.30. The van der Waals surface area contributed by atoms with Gasteiger partial charge in [0.15, 0.2) is 5.82 Å². The zero-order chi connectivity index (χ0) is 22.2. The Morgan fingerprint density at radius 1 is 1.09 bits per heavy atom. The summed E-state index contributed by atoms with van der Waals surface area (Å²) in [5, 5.41) is 4.33. The van der Waals surface area contributed by atoms with Crippen molar-refractivity contribution in [3.8, 4) is 5.88 Å². The molecule has 1 aliphatic heterocycles. The number of morpholine rings is 1. The molecule has 0 aliphatic carbocycles. The van der Waals surface area contributed by atoms with Crippen molar-refractivity contribution in [1.82, 2.24) is 15.0 Å². The molecule has 4 rings (SSSR count). The van der Waals surface area contributed by atoms with E-state index in [4.69, 9.17) is 9.47 Å². The molecule has 8 heteroatoms. The average Bonchev–Trinajstić information content (AvgIpc) is 2.83. The number of benzene rings is 1. The molecule has 0 saturated carbocycles. The van der Waals surface area contributed by atoms with Gasteiger partial charge in [0.25, 0.3) is 0 Å². The Hall–Kier alpha value is -3.52. The van der Waals surface area contributed by atoms with Crippen molar-refractivity contribution in [2.45, 2.75) is 20.3 Å². The van der Waals surface area contributed by atoms with Crippen molar-refractivity contribution in [3.05, 3.63) is 71.3 Å².